The van der Waals surface area contributed by atoms with Crippen molar-refractivity contribution >= 4 is 11.4 Å². The van der Waals surface area contributed by atoms with Crippen LogP contribution in [0.4, 0.5) is 0 Å². The number of hydrogen-bond acceptors (Lipinski definition) is 3. The lowest BCUT2D eigenvalue weighted by atomic mass is 10.2. The molecule has 0 saturated carbocycles. The third-order valence-corrected chi connectivity index (χ3v) is 2.21. The molecule has 0 saturated heterocycles. The summed E-state index contributed by atoms with van der Waals surface area (Å²) >= 11 is 0. The molecule has 0 fully saturated rings. The third-order valence-electron chi connectivity index (χ3n) is 2.21. The van der Waals surface area contributed by atoms with Crippen LogP contribution in [-0.4, -0.2) is 34.7 Å². The predicted molar refractivity (Wildman–Crippen MR) is 54.3 cm³/mol. The van der Waals surface area contributed by atoms with Gasteiger partial charge in [-0.2, -0.15) is 5.10 Å². The van der Waals surface area contributed by atoms with Gasteiger partial charge in [0.2, 0.25) is 0 Å². The first kappa shape index (κ1) is 9.67. The van der Waals surface area contributed by atoms with Gasteiger partial charge in [-0.05, 0) is 18.2 Å². The second kappa shape index (κ2) is 3.70. The quantitative estimate of drug-likeness (QED) is 0.686. The van der Waals surface area contributed by atoms with Crippen molar-refractivity contribution in [3.8, 4) is 0 Å². The Labute approximate surface area is 86.8 Å². The van der Waals surface area contributed by atoms with E-state index in [1.165, 1.54) is 12.2 Å². The van der Waals surface area contributed by atoms with Crippen molar-refractivity contribution in [2.24, 2.45) is 0 Å². The number of carbonyl (C=O) groups excluding carboxylic acids is 1. The highest BCUT2D eigenvalue weighted by atomic mass is 16.7. The number of amides is 1. The van der Waals surface area contributed by atoms with E-state index in [0.717, 1.165) is 5.52 Å². The number of pyridine rings is 1. The van der Waals surface area contributed by atoms with Gasteiger partial charge in [0.1, 0.15) is 0 Å². The molecule has 2 rings (SSSR count). The summed E-state index contributed by atoms with van der Waals surface area (Å²) in [7, 11) is 3.03. The Morgan fingerprint density at radius 1 is 1.53 bits per heavy atom. The second-order valence-corrected chi connectivity index (χ2v) is 3.10. The Hall–Kier alpha value is -1.88. The van der Waals surface area contributed by atoms with Gasteiger partial charge in [-0.15, -0.1) is 0 Å². The van der Waals surface area contributed by atoms with Gasteiger partial charge in [-0.25, -0.2) is 9.58 Å². The number of fused-ring (bicyclic) bond motifs is 1. The summed E-state index contributed by atoms with van der Waals surface area (Å²) in [5.41, 5.74) is 1.46. The van der Waals surface area contributed by atoms with Gasteiger partial charge >= 0.3 is 0 Å². The zero-order valence-corrected chi connectivity index (χ0v) is 8.54. The highest BCUT2D eigenvalue weighted by Gasteiger charge is 2.11. The third kappa shape index (κ3) is 1.69. The first-order valence-corrected chi connectivity index (χ1v) is 4.48. The summed E-state index contributed by atoms with van der Waals surface area (Å²) in [6.45, 7) is 0. The van der Waals surface area contributed by atoms with E-state index in [4.69, 9.17) is 4.84 Å². The summed E-state index contributed by atoms with van der Waals surface area (Å²) in [4.78, 5) is 16.5. The number of aromatic nitrogens is 2. The van der Waals surface area contributed by atoms with Gasteiger partial charge in [0, 0.05) is 25.0 Å². The van der Waals surface area contributed by atoms with Gasteiger partial charge in [0.05, 0.1) is 12.6 Å². The molecule has 2 aromatic rings. The number of rotatable bonds is 2. The van der Waals surface area contributed by atoms with Crippen molar-refractivity contribution in [1.29, 1.82) is 0 Å². The molecule has 0 unspecified atom stereocenters. The molecule has 2 aromatic heterocycles. The van der Waals surface area contributed by atoms with E-state index in [1.807, 2.05) is 6.07 Å². The van der Waals surface area contributed by atoms with Crippen LogP contribution in [0.1, 0.15) is 10.4 Å². The Morgan fingerprint density at radius 3 is 3.07 bits per heavy atom. The number of nitrogens with zero attached hydrogens (tertiary/aromatic N) is 3. The maximum absolute atomic E-state index is 11.7. The SMILES string of the molecule is CON(C)C(=O)c1ccn2nccc2c1. The fourth-order valence-electron chi connectivity index (χ4n) is 1.32. The maximum atomic E-state index is 11.7. The fraction of sp³-hybridized carbons (Fsp3) is 0.200. The molecule has 0 radical (unpaired) electrons. The van der Waals surface area contributed by atoms with Crippen molar-refractivity contribution < 1.29 is 9.63 Å². The average Bonchev–Trinajstić information content (AvgIpc) is 2.73. The minimum atomic E-state index is -0.179. The van der Waals surface area contributed by atoms with Gasteiger partial charge in [-0.3, -0.25) is 9.63 Å². The molecule has 78 valence electrons. The molecule has 0 spiro atoms. The van der Waals surface area contributed by atoms with Crippen LogP contribution in [0.25, 0.3) is 5.52 Å². The zero-order valence-electron chi connectivity index (χ0n) is 8.54. The number of hydroxylamine groups is 2. The zero-order chi connectivity index (χ0) is 10.8. The first-order chi connectivity index (χ1) is 7.22. The van der Waals surface area contributed by atoms with E-state index in [-0.39, 0.29) is 5.91 Å². The molecule has 0 aliphatic rings. The van der Waals surface area contributed by atoms with E-state index in [0.29, 0.717) is 5.56 Å². The molecule has 0 bridgehead atoms. The summed E-state index contributed by atoms with van der Waals surface area (Å²) in [6, 6.07) is 5.31. The van der Waals surface area contributed by atoms with E-state index in [1.54, 1.807) is 36.1 Å². The van der Waals surface area contributed by atoms with Gasteiger partial charge < -0.3 is 0 Å². The molecule has 5 heteroatoms. The number of hydrogen-bond donors (Lipinski definition) is 0. The minimum Gasteiger partial charge on any atom is -0.274 e. The second-order valence-electron chi connectivity index (χ2n) is 3.10. The van der Waals surface area contributed by atoms with Crippen LogP contribution in [0.5, 0.6) is 0 Å². The van der Waals surface area contributed by atoms with Crippen molar-refractivity contribution in [2.45, 2.75) is 0 Å². The van der Waals surface area contributed by atoms with E-state index >= 15 is 0 Å². The normalized spacial score (nSPS) is 10.5. The van der Waals surface area contributed by atoms with E-state index in [9.17, 15) is 4.79 Å². The molecule has 15 heavy (non-hydrogen) atoms. The molecular weight excluding hydrogens is 194 g/mol. The Balaban J connectivity index is 2.39. The Kier molecular flexibility index (Phi) is 2.39. The summed E-state index contributed by atoms with van der Waals surface area (Å²) < 4.78 is 1.70. The van der Waals surface area contributed by atoms with E-state index in [2.05, 4.69) is 5.10 Å². The molecule has 2 heterocycles. The molecule has 0 N–H and O–H groups in total. The van der Waals surface area contributed by atoms with Crippen LogP contribution >= 0.6 is 0 Å². The number of carbonyl (C=O) groups is 1. The van der Waals surface area contributed by atoms with Crippen LogP contribution in [-0.2, 0) is 4.84 Å². The molecule has 0 atom stereocenters. The first-order valence-electron chi connectivity index (χ1n) is 4.48. The molecule has 0 aliphatic heterocycles. The van der Waals surface area contributed by atoms with Crippen LogP contribution in [0.2, 0.25) is 0 Å². The highest BCUT2D eigenvalue weighted by Crippen LogP contribution is 2.08. The molecule has 1 amide bonds. The standard InChI is InChI=1S/C10H11N3O2/c1-12(15-2)10(14)8-4-6-13-9(7-8)3-5-11-13/h3-7H,1-2H3. The maximum Gasteiger partial charge on any atom is 0.277 e. The van der Waals surface area contributed by atoms with Crippen LogP contribution in [0.15, 0.2) is 30.6 Å². The average molecular weight is 205 g/mol. The molecular formula is C10H11N3O2. The summed E-state index contributed by atoms with van der Waals surface area (Å²) in [5, 5.41) is 5.23. The minimum absolute atomic E-state index is 0.179. The van der Waals surface area contributed by atoms with Crippen LogP contribution in [0.3, 0.4) is 0 Å². The molecule has 0 aromatic carbocycles. The highest BCUT2D eigenvalue weighted by molar-refractivity contribution is 5.94. The van der Waals surface area contributed by atoms with E-state index < -0.39 is 0 Å². The summed E-state index contributed by atoms with van der Waals surface area (Å²) in [6.07, 6.45) is 3.43. The lowest BCUT2D eigenvalue weighted by Gasteiger charge is -2.13. The van der Waals surface area contributed by atoms with Crippen molar-refractivity contribution in [3.05, 3.63) is 36.2 Å². The van der Waals surface area contributed by atoms with Crippen molar-refractivity contribution in [3.63, 3.8) is 0 Å². The molecule has 5 nitrogen and oxygen atoms in total. The van der Waals surface area contributed by atoms with Crippen LogP contribution in [0, 0.1) is 0 Å². The smallest absolute Gasteiger partial charge is 0.274 e. The monoisotopic (exact) mass is 205 g/mol. The fourth-order valence-corrected chi connectivity index (χ4v) is 1.32. The van der Waals surface area contributed by atoms with Gasteiger partial charge in [-0.1, -0.05) is 0 Å². The molecule has 0 aliphatic carbocycles. The topological polar surface area (TPSA) is 46.8 Å². The summed E-state index contributed by atoms with van der Waals surface area (Å²) in [5.74, 6) is -0.179. The lowest BCUT2D eigenvalue weighted by Crippen LogP contribution is -2.25. The van der Waals surface area contributed by atoms with Crippen molar-refractivity contribution in [2.75, 3.05) is 14.2 Å². The largest absolute Gasteiger partial charge is 0.277 e. The lowest BCUT2D eigenvalue weighted by molar-refractivity contribution is -0.0756. The Bertz CT molecular complexity index is 492. The van der Waals surface area contributed by atoms with Crippen LogP contribution < -0.4 is 0 Å². The van der Waals surface area contributed by atoms with Crippen molar-refractivity contribution in [1.82, 2.24) is 14.7 Å². The Morgan fingerprint density at radius 2 is 2.33 bits per heavy atom. The predicted octanol–water partition coefficient (Wildman–Crippen LogP) is 0.968. The van der Waals surface area contributed by atoms with Gasteiger partial charge in [0.15, 0.2) is 0 Å². The van der Waals surface area contributed by atoms with Gasteiger partial charge in [0.25, 0.3) is 5.91 Å².